The topological polar surface area (TPSA) is 41.6 Å². The summed E-state index contributed by atoms with van der Waals surface area (Å²) in [5.41, 5.74) is -0.483. The summed E-state index contributed by atoms with van der Waals surface area (Å²) >= 11 is 0. The smallest absolute Gasteiger partial charge is 0.326 e. The summed E-state index contributed by atoms with van der Waals surface area (Å²) in [5.74, 6) is 0.580. The number of ether oxygens (including phenoxy) is 1. The lowest BCUT2D eigenvalue weighted by atomic mass is 9.78. The van der Waals surface area contributed by atoms with Crippen LogP contribution in [0.25, 0.3) is 0 Å². The molecule has 4 heteroatoms. The summed E-state index contributed by atoms with van der Waals surface area (Å²) < 4.78 is 5.30. The Balaban J connectivity index is 2.79. The molecule has 118 valence electrons. The Kier molecular flexibility index (Phi) is 6.96. The zero-order valence-electron chi connectivity index (χ0n) is 13.9. The van der Waals surface area contributed by atoms with Crippen molar-refractivity contribution in [1.29, 1.82) is 0 Å². The minimum absolute atomic E-state index is 0.0761. The van der Waals surface area contributed by atoms with Crippen LogP contribution in [0.1, 0.15) is 53.4 Å². The van der Waals surface area contributed by atoms with E-state index in [1.807, 2.05) is 14.0 Å². The highest BCUT2D eigenvalue weighted by Crippen LogP contribution is 2.32. The predicted molar refractivity (Wildman–Crippen MR) is 82.8 cm³/mol. The maximum Gasteiger partial charge on any atom is 0.326 e. The molecule has 0 aromatic heterocycles. The van der Waals surface area contributed by atoms with Gasteiger partial charge in [-0.2, -0.15) is 0 Å². The second-order valence-electron chi connectivity index (χ2n) is 6.28. The first-order valence-corrected chi connectivity index (χ1v) is 8.09. The molecule has 1 aliphatic rings. The van der Waals surface area contributed by atoms with E-state index in [1.54, 1.807) is 0 Å². The Morgan fingerprint density at radius 3 is 2.65 bits per heavy atom. The van der Waals surface area contributed by atoms with E-state index < -0.39 is 5.54 Å². The Hall–Kier alpha value is -0.610. The highest BCUT2D eigenvalue weighted by Gasteiger charge is 2.44. The number of nitrogens with one attached hydrogen (secondary N) is 1. The molecule has 0 bridgehead atoms. The van der Waals surface area contributed by atoms with Crippen molar-refractivity contribution < 1.29 is 9.53 Å². The number of hydrogen-bond acceptors (Lipinski definition) is 4. The van der Waals surface area contributed by atoms with Crippen LogP contribution in [-0.4, -0.2) is 49.2 Å². The summed E-state index contributed by atoms with van der Waals surface area (Å²) in [4.78, 5) is 14.8. The second-order valence-corrected chi connectivity index (χ2v) is 6.28. The van der Waals surface area contributed by atoms with Crippen LogP contribution in [0.3, 0.4) is 0 Å². The molecule has 1 saturated carbocycles. The van der Waals surface area contributed by atoms with Gasteiger partial charge in [-0.05, 0) is 52.1 Å². The van der Waals surface area contributed by atoms with Crippen LogP contribution in [-0.2, 0) is 9.53 Å². The number of nitrogens with zero attached hydrogens (tertiary/aromatic N) is 1. The van der Waals surface area contributed by atoms with Crippen LogP contribution in [0, 0.1) is 5.92 Å². The van der Waals surface area contributed by atoms with Gasteiger partial charge in [-0.1, -0.05) is 20.8 Å². The molecule has 0 aromatic rings. The predicted octanol–water partition coefficient (Wildman–Crippen LogP) is 2.43. The molecular weight excluding hydrogens is 252 g/mol. The molecule has 0 radical (unpaired) electrons. The van der Waals surface area contributed by atoms with Gasteiger partial charge in [0.25, 0.3) is 0 Å². The average Bonchev–Trinajstić information content (AvgIpc) is 2.44. The molecule has 0 heterocycles. The highest BCUT2D eigenvalue weighted by molar-refractivity contribution is 5.81. The van der Waals surface area contributed by atoms with Crippen molar-refractivity contribution in [1.82, 2.24) is 10.2 Å². The van der Waals surface area contributed by atoms with Gasteiger partial charge < -0.3 is 15.0 Å². The van der Waals surface area contributed by atoms with Gasteiger partial charge in [-0.25, -0.2) is 0 Å². The molecule has 0 saturated heterocycles. The molecule has 1 rings (SSSR count). The van der Waals surface area contributed by atoms with Crippen LogP contribution >= 0.6 is 0 Å². The third-order valence-corrected chi connectivity index (χ3v) is 4.39. The first-order chi connectivity index (χ1) is 9.49. The number of likely N-dealkylation sites (N-methyl/N-ethyl adjacent to an activating group) is 1. The Bertz CT molecular complexity index is 307. The fraction of sp³-hybridized carbons (Fsp3) is 0.938. The molecule has 2 atom stereocenters. The maximum absolute atomic E-state index is 12.3. The molecule has 4 nitrogen and oxygen atoms in total. The van der Waals surface area contributed by atoms with Gasteiger partial charge in [0, 0.05) is 12.6 Å². The number of carbonyl (C=O) groups is 1. The van der Waals surface area contributed by atoms with E-state index in [2.05, 4.69) is 31.0 Å². The average molecular weight is 284 g/mol. The number of carbonyl (C=O) groups excluding carboxylic acids is 1. The third-order valence-electron chi connectivity index (χ3n) is 4.39. The second kappa shape index (κ2) is 7.99. The molecule has 0 spiro atoms. The van der Waals surface area contributed by atoms with Crippen LogP contribution in [0.4, 0.5) is 0 Å². The van der Waals surface area contributed by atoms with E-state index in [9.17, 15) is 4.79 Å². The summed E-state index contributed by atoms with van der Waals surface area (Å²) in [6.45, 7) is 11.2. The van der Waals surface area contributed by atoms with Crippen molar-refractivity contribution in [3.8, 4) is 0 Å². The quantitative estimate of drug-likeness (QED) is 0.729. The zero-order chi connectivity index (χ0) is 15.2. The lowest BCUT2D eigenvalue weighted by Gasteiger charge is -2.43. The normalized spacial score (nSPS) is 27.1. The van der Waals surface area contributed by atoms with Crippen molar-refractivity contribution in [2.75, 3.05) is 26.7 Å². The van der Waals surface area contributed by atoms with Crippen molar-refractivity contribution >= 4 is 5.97 Å². The van der Waals surface area contributed by atoms with Crippen LogP contribution in [0.2, 0.25) is 0 Å². The summed E-state index contributed by atoms with van der Waals surface area (Å²) in [6, 6.07) is 0.480. The molecule has 2 unspecified atom stereocenters. The van der Waals surface area contributed by atoms with Gasteiger partial charge in [0.05, 0.1) is 6.61 Å². The Morgan fingerprint density at radius 2 is 2.15 bits per heavy atom. The van der Waals surface area contributed by atoms with Gasteiger partial charge >= 0.3 is 5.97 Å². The lowest BCUT2D eigenvalue weighted by Crippen LogP contribution is -2.58. The van der Waals surface area contributed by atoms with Crippen LogP contribution < -0.4 is 5.32 Å². The first-order valence-electron chi connectivity index (χ1n) is 8.09. The maximum atomic E-state index is 12.3. The molecule has 20 heavy (non-hydrogen) atoms. The Labute approximate surface area is 124 Å². The number of rotatable bonds is 7. The highest BCUT2D eigenvalue weighted by atomic mass is 16.5. The minimum atomic E-state index is -0.483. The van der Waals surface area contributed by atoms with E-state index >= 15 is 0 Å². The summed E-state index contributed by atoms with van der Waals surface area (Å²) in [5, 5.41) is 3.26. The fourth-order valence-corrected chi connectivity index (χ4v) is 3.35. The van der Waals surface area contributed by atoms with Crippen molar-refractivity contribution in [2.45, 2.75) is 65.0 Å². The minimum Gasteiger partial charge on any atom is -0.465 e. The number of hydrogen-bond donors (Lipinski definition) is 1. The van der Waals surface area contributed by atoms with E-state index in [4.69, 9.17) is 4.74 Å². The monoisotopic (exact) mass is 284 g/mol. The Morgan fingerprint density at radius 1 is 1.45 bits per heavy atom. The molecule has 0 aliphatic heterocycles. The zero-order valence-corrected chi connectivity index (χ0v) is 13.9. The molecule has 1 N–H and O–H groups in total. The van der Waals surface area contributed by atoms with Crippen molar-refractivity contribution in [2.24, 2.45) is 5.92 Å². The third kappa shape index (κ3) is 4.19. The van der Waals surface area contributed by atoms with Crippen LogP contribution in [0.5, 0.6) is 0 Å². The summed E-state index contributed by atoms with van der Waals surface area (Å²) in [6.07, 6.45) is 4.02. The van der Waals surface area contributed by atoms with E-state index in [0.29, 0.717) is 18.6 Å². The van der Waals surface area contributed by atoms with Gasteiger partial charge in [0.1, 0.15) is 5.54 Å². The van der Waals surface area contributed by atoms with Crippen molar-refractivity contribution in [3.63, 3.8) is 0 Å². The van der Waals surface area contributed by atoms with Gasteiger partial charge in [-0.3, -0.25) is 4.79 Å². The van der Waals surface area contributed by atoms with E-state index in [-0.39, 0.29) is 5.97 Å². The standard InChI is InChI=1S/C16H32N2O2/c1-6-18(12-13(3)4)14-9-8-10-16(11-14,17-5)15(19)20-7-2/h13-14,17H,6-12H2,1-5H3. The van der Waals surface area contributed by atoms with Crippen molar-refractivity contribution in [3.05, 3.63) is 0 Å². The van der Waals surface area contributed by atoms with E-state index in [0.717, 1.165) is 32.4 Å². The van der Waals surface area contributed by atoms with E-state index in [1.165, 1.54) is 6.42 Å². The fourth-order valence-electron chi connectivity index (χ4n) is 3.35. The SMILES string of the molecule is CCOC(=O)C1(NC)CCCC(N(CC)CC(C)C)C1. The lowest BCUT2D eigenvalue weighted by molar-refractivity contribution is -0.153. The molecular formula is C16H32N2O2. The number of esters is 1. The molecule has 0 amide bonds. The molecule has 1 aliphatic carbocycles. The van der Waals surface area contributed by atoms with Gasteiger partial charge in [-0.15, -0.1) is 0 Å². The largest absolute Gasteiger partial charge is 0.465 e. The molecule has 0 aromatic carbocycles. The van der Waals surface area contributed by atoms with Gasteiger partial charge in [0.2, 0.25) is 0 Å². The van der Waals surface area contributed by atoms with Crippen LogP contribution in [0.15, 0.2) is 0 Å². The summed E-state index contributed by atoms with van der Waals surface area (Å²) in [7, 11) is 1.89. The van der Waals surface area contributed by atoms with Gasteiger partial charge in [0.15, 0.2) is 0 Å². The molecule has 1 fully saturated rings. The first kappa shape index (κ1) is 17.4.